The van der Waals surface area contributed by atoms with E-state index < -0.39 is 17.4 Å². The summed E-state index contributed by atoms with van der Waals surface area (Å²) in [5.41, 5.74) is -0.952. The molecule has 0 aromatic carbocycles. The lowest BCUT2D eigenvalue weighted by molar-refractivity contribution is -0.140. The molecule has 0 aliphatic carbocycles. The highest BCUT2D eigenvalue weighted by atomic mass is 16.5. The van der Waals surface area contributed by atoms with Gasteiger partial charge in [0, 0.05) is 39.1 Å². The summed E-state index contributed by atoms with van der Waals surface area (Å²) in [7, 11) is 0. The number of hydrogen-bond acceptors (Lipinski definition) is 4. The minimum Gasteiger partial charge on any atom is -0.388 e. The van der Waals surface area contributed by atoms with Crippen LogP contribution in [0.25, 0.3) is 0 Å². The number of carbonyl (C=O) groups excluding carboxylic acids is 2. The van der Waals surface area contributed by atoms with E-state index in [9.17, 15) is 14.7 Å². The summed E-state index contributed by atoms with van der Waals surface area (Å²) in [4.78, 5) is 22.9. The molecule has 0 atom stereocenters. The van der Waals surface area contributed by atoms with E-state index in [1.54, 1.807) is 0 Å². The maximum absolute atomic E-state index is 11.5. The molecule has 0 spiro atoms. The first kappa shape index (κ1) is 14.9. The van der Waals surface area contributed by atoms with E-state index >= 15 is 0 Å². The highest BCUT2D eigenvalue weighted by molar-refractivity contribution is 6.35. The van der Waals surface area contributed by atoms with E-state index in [-0.39, 0.29) is 6.54 Å². The molecule has 18 heavy (non-hydrogen) atoms. The first-order valence-corrected chi connectivity index (χ1v) is 6.29. The van der Waals surface area contributed by atoms with E-state index in [1.807, 2.05) is 13.8 Å². The summed E-state index contributed by atoms with van der Waals surface area (Å²) in [6.45, 7) is 5.40. The SMILES string of the molecule is CC(C)CNC(=O)C(=O)NCC1(O)CCOCC1. The molecule has 0 radical (unpaired) electrons. The highest BCUT2D eigenvalue weighted by Crippen LogP contribution is 2.18. The van der Waals surface area contributed by atoms with Gasteiger partial charge in [0.25, 0.3) is 0 Å². The predicted molar refractivity (Wildman–Crippen MR) is 65.9 cm³/mol. The van der Waals surface area contributed by atoms with Crippen LogP contribution in [0.5, 0.6) is 0 Å². The Morgan fingerprint density at radius 3 is 2.33 bits per heavy atom. The van der Waals surface area contributed by atoms with Crippen LogP contribution in [-0.4, -0.2) is 48.8 Å². The summed E-state index contributed by atoms with van der Waals surface area (Å²) in [5, 5.41) is 15.1. The number of aliphatic hydroxyl groups is 1. The van der Waals surface area contributed by atoms with Gasteiger partial charge >= 0.3 is 11.8 Å². The van der Waals surface area contributed by atoms with Gasteiger partial charge in [-0.3, -0.25) is 9.59 Å². The van der Waals surface area contributed by atoms with Gasteiger partial charge in [0.1, 0.15) is 0 Å². The monoisotopic (exact) mass is 258 g/mol. The summed E-state index contributed by atoms with van der Waals surface area (Å²) in [5.74, 6) is -1.06. The fraction of sp³-hybridized carbons (Fsp3) is 0.833. The molecule has 1 aliphatic heterocycles. The maximum Gasteiger partial charge on any atom is 0.309 e. The van der Waals surface area contributed by atoms with E-state index in [4.69, 9.17) is 4.74 Å². The molecule has 1 saturated heterocycles. The van der Waals surface area contributed by atoms with Crippen molar-refractivity contribution >= 4 is 11.8 Å². The summed E-state index contributed by atoms with van der Waals surface area (Å²) in [6.07, 6.45) is 0.946. The third kappa shape index (κ3) is 5.01. The van der Waals surface area contributed by atoms with Crippen LogP contribution in [0.4, 0.5) is 0 Å². The Morgan fingerprint density at radius 2 is 1.78 bits per heavy atom. The number of nitrogens with one attached hydrogen (secondary N) is 2. The van der Waals surface area contributed by atoms with Gasteiger partial charge in [0.05, 0.1) is 5.60 Å². The van der Waals surface area contributed by atoms with Crippen molar-refractivity contribution in [3.05, 3.63) is 0 Å². The van der Waals surface area contributed by atoms with Crippen molar-refractivity contribution in [3.8, 4) is 0 Å². The number of amides is 2. The average molecular weight is 258 g/mol. The van der Waals surface area contributed by atoms with Crippen LogP contribution in [0, 0.1) is 5.92 Å². The van der Waals surface area contributed by atoms with Gasteiger partial charge in [-0.15, -0.1) is 0 Å². The molecule has 2 amide bonds. The summed E-state index contributed by atoms with van der Waals surface area (Å²) < 4.78 is 5.13. The molecule has 6 nitrogen and oxygen atoms in total. The molecule has 1 rings (SSSR count). The van der Waals surface area contributed by atoms with Crippen LogP contribution >= 0.6 is 0 Å². The molecular formula is C12H22N2O4. The molecule has 0 saturated carbocycles. The van der Waals surface area contributed by atoms with Crippen molar-refractivity contribution in [1.29, 1.82) is 0 Å². The largest absolute Gasteiger partial charge is 0.388 e. The smallest absolute Gasteiger partial charge is 0.309 e. The van der Waals surface area contributed by atoms with Gasteiger partial charge in [-0.2, -0.15) is 0 Å². The Hall–Kier alpha value is -1.14. The molecule has 104 valence electrons. The van der Waals surface area contributed by atoms with Crippen LogP contribution in [0.3, 0.4) is 0 Å². The van der Waals surface area contributed by atoms with Crippen LogP contribution in [0.1, 0.15) is 26.7 Å². The predicted octanol–water partition coefficient (Wildman–Crippen LogP) is -0.584. The number of ether oxygens (including phenoxy) is 1. The second-order valence-electron chi connectivity index (χ2n) is 5.12. The van der Waals surface area contributed by atoms with Crippen molar-refractivity contribution in [3.63, 3.8) is 0 Å². The third-order valence-electron chi connectivity index (χ3n) is 2.88. The number of hydrogen-bond donors (Lipinski definition) is 3. The quantitative estimate of drug-likeness (QED) is 0.589. The van der Waals surface area contributed by atoms with Crippen molar-refractivity contribution < 1.29 is 19.4 Å². The van der Waals surface area contributed by atoms with Gasteiger partial charge in [-0.05, 0) is 5.92 Å². The Kier molecular flexibility index (Phi) is 5.55. The van der Waals surface area contributed by atoms with E-state index in [2.05, 4.69) is 10.6 Å². The van der Waals surface area contributed by atoms with Gasteiger partial charge in [-0.1, -0.05) is 13.8 Å². The summed E-state index contributed by atoms with van der Waals surface area (Å²) in [6, 6.07) is 0. The van der Waals surface area contributed by atoms with E-state index in [0.29, 0.717) is 38.5 Å². The van der Waals surface area contributed by atoms with Crippen LogP contribution in [0.2, 0.25) is 0 Å². The fourth-order valence-corrected chi connectivity index (χ4v) is 1.63. The molecule has 0 aromatic heterocycles. The first-order valence-electron chi connectivity index (χ1n) is 6.29. The zero-order chi connectivity index (χ0) is 13.6. The average Bonchev–Trinajstić information content (AvgIpc) is 2.34. The minimum atomic E-state index is -0.952. The van der Waals surface area contributed by atoms with Crippen LogP contribution < -0.4 is 10.6 Å². The molecule has 6 heteroatoms. The summed E-state index contributed by atoms with van der Waals surface area (Å²) >= 11 is 0. The third-order valence-corrected chi connectivity index (χ3v) is 2.88. The zero-order valence-corrected chi connectivity index (χ0v) is 11.0. The minimum absolute atomic E-state index is 0.0876. The Morgan fingerprint density at radius 1 is 1.22 bits per heavy atom. The van der Waals surface area contributed by atoms with Crippen LogP contribution in [-0.2, 0) is 14.3 Å². The van der Waals surface area contributed by atoms with Gasteiger partial charge in [0.2, 0.25) is 0 Å². The maximum atomic E-state index is 11.5. The number of rotatable bonds is 4. The zero-order valence-electron chi connectivity index (χ0n) is 11.0. The molecule has 0 unspecified atom stereocenters. The fourth-order valence-electron chi connectivity index (χ4n) is 1.63. The number of carbonyl (C=O) groups is 2. The molecule has 1 aliphatic rings. The Bertz CT molecular complexity index is 298. The van der Waals surface area contributed by atoms with Crippen molar-refractivity contribution in [2.24, 2.45) is 5.92 Å². The molecule has 0 bridgehead atoms. The lowest BCUT2D eigenvalue weighted by Gasteiger charge is -2.31. The molecule has 1 fully saturated rings. The highest BCUT2D eigenvalue weighted by Gasteiger charge is 2.30. The van der Waals surface area contributed by atoms with Crippen molar-refractivity contribution in [1.82, 2.24) is 10.6 Å². The molecular weight excluding hydrogens is 236 g/mol. The van der Waals surface area contributed by atoms with Gasteiger partial charge in [0.15, 0.2) is 0 Å². The van der Waals surface area contributed by atoms with Gasteiger partial charge in [-0.25, -0.2) is 0 Å². The van der Waals surface area contributed by atoms with E-state index in [1.165, 1.54) is 0 Å². The normalized spacial score (nSPS) is 18.4. The Labute approximate surface area is 107 Å². The Balaban J connectivity index is 2.29. The molecule has 0 aromatic rings. The lowest BCUT2D eigenvalue weighted by Crippen LogP contribution is -2.50. The van der Waals surface area contributed by atoms with Crippen molar-refractivity contribution in [2.75, 3.05) is 26.3 Å². The second kappa shape index (κ2) is 6.70. The second-order valence-corrected chi connectivity index (χ2v) is 5.12. The van der Waals surface area contributed by atoms with Crippen molar-refractivity contribution in [2.45, 2.75) is 32.3 Å². The van der Waals surface area contributed by atoms with Crippen LogP contribution in [0.15, 0.2) is 0 Å². The molecule has 1 heterocycles. The lowest BCUT2D eigenvalue weighted by atomic mass is 9.94. The topological polar surface area (TPSA) is 87.7 Å². The van der Waals surface area contributed by atoms with Gasteiger partial charge < -0.3 is 20.5 Å². The van der Waals surface area contributed by atoms with E-state index in [0.717, 1.165) is 0 Å². The molecule has 3 N–H and O–H groups in total. The first-order chi connectivity index (χ1) is 8.43. The standard InChI is InChI=1S/C12H22N2O4/c1-9(2)7-13-10(15)11(16)14-8-12(17)3-5-18-6-4-12/h9,17H,3-8H2,1-2H3,(H,13,15)(H,14,16).